The van der Waals surface area contributed by atoms with Gasteiger partial charge in [0.15, 0.2) is 0 Å². The lowest BCUT2D eigenvalue weighted by atomic mass is 10.2. The van der Waals surface area contributed by atoms with E-state index in [0.29, 0.717) is 11.2 Å². The molecule has 1 aromatic heterocycles. The van der Waals surface area contributed by atoms with Gasteiger partial charge in [-0.3, -0.25) is 0 Å². The van der Waals surface area contributed by atoms with Crippen molar-refractivity contribution in [2.45, 2.75) is 11.8 Å². The molecule has 0 aliphatic rings. The van der Waals surface area contributed by atoms with E-state index < -0.39 is 16.0 Å². The summed E-state index contributed by atoms with van der Waals surface area (Å²) in [5.74, 6) is -1.14. The summed E-state index contributed by atoms with van der Waals surface area (Å²) in [5, 5.41) is 9.57. The maximum Gasteiger partial charge on any atom is 0.328 e. The summed E-state index contributed by atoms with van der Waals surface area (Å²) >= 11 is 0. The number of fused-ring (bicyclic) bond motifs is 1. The van der Waals surface area contributed by atoms with Crippen molar-refractivity contribution in [3.8, 4) is 0 Å². The predicted octanol–water partition coefficient (Wildman–Crippen LogP) is 3.28. The molecular formula is C18H15NO4S. The number of rotatable bonds is 4. The molecule has 1 N–H and O–H groups in total. The largest absolute Gasteiger partial charge is 0.478 e. The molecule has 0 fully saturated rings. The average Bonchev–Trinajstić information content (AvgIpc) is 2.92. The summed E-state index contributed by atoms with van der Waals surface area (Å²) < 4.78 is 27.3. The Morgan fingerprint density at radius 1 is 1.08 bits per heavy atom. The van der Waals surface area contributed by atoms with Gasteiger partial charge >= 0.3 is 5.97 Å². The Morgan fingerprint density at radius 3 is 2.42 bits per heavy atom. The number of hydrogen-bond acceptors (Lipinski definition) is 3. The fraction of sp³-hybridized carbons (Fsp3) is 0.0556. The monoisotopic (exact) mass is 341 g/mol. The van der Waals surface area contributed by atoms with Gasteiger partial charge < -0.3 is 5.11 Å². The smallest absolute Gasteiger partial charge is 0.328 e. The highest BCUT2D eigenvalue weighted by molar-refractivity contribution is 7.90. The van der Waals surface area contributed by atoms with E-state index in [1.807, 2.05) is 6.92 Å². The molecule has 0 aliphatic carbocycles. The van der Waals surface area contributed by atoms with Gasteiger partial charge in [-0.2, -0.15) is 0 Å². The lowest BCUT2D eigenvalue weighted by Gasteiger charge is -2.10. The topological polar surface area (TPSA) is 76.4 Å². The third-order valence-electron chi connectivity index (χ3n) is 3.65. The van der Waals surface area contributed by atoms with E-state index in [0.717, 1.165) is 17.0 Å². The van der Waals surface area contributed by atoms with Crippen LogP contribution < -0.4 is 0 Å². The van der Waals surface area contributed by atoms with Crippen LogP contribution in [0.5, 0.6) is 0 Å². The van der Waals surface area contributed by atoms with Crippen molar-refractivity contribution in [1.82, 2.24) is 3.97 Å². The van der Waals surface area contributed by atoms with Gasteiger partial charge in [-0.1, -0.05) is 35.9 Å². The minimum Gasteiger partial charge on any atom is -0.478 e. The predicted molar refractivity (Wildman–Crippen MR) is 92.4 cm³/mol. The molecule has 2 aromatic carbocycles. The molecule has 1 heterocycles. The molecule has 0 radical (unpaired) electrons. The third kappa shape index (κ3) is 2.83. The van der Waals surface area contributed by atoms with Crippen LogP contribution in [0.15, 0.2) is 65.6 Å². The molecular weight excluding hydrogens is 326 g/mol. The normalized spacial score (nSPS) is 12.0. The number of carboxylic acids is 1. The molecule has 0 saturated heterocycles. The van der Waals surface area contributed by atoms with E-state index in [4.69, 9.17) is 5.11 Å². The fourth-order valence-electron chi connectivity index (χ4n) is 2.51. The van der Waals surface area contributed by atoms with Crippen molar-refractivity contribution >= 4 is 33.0 Å². The molecule has 0 bridgehead atoms. The van der Waals surface area contributed by atoms with Crippen LogP contribution in [-0.4, -0.2) is 23.5 Å². The van der Waals surface area contributed by atoms with Crippen molar-refractivity contribution in [2.75, 3.05) is 0 Å². The lowest BCUT2D eigenvalue weighted by Crippen LogP contribution is -2.14. The number of aromatic nitrogens is 1. The Bertz CT molecular complexity index is 1040. The molecule has 0 spiro atoms. The van der Waals surface area contributed by atoms with Gasteiger partial charge in [0.1, 0.15) is 0 Å². The van der Waals surface area contributed by atoms with Gasteiger partial charge in [0.25, 0.3) is 10.0 Å². The number of aryl methyl sites for hydroxylation is 1. The van der Waals surface area contributed by atoms with E-state index in [9.17, 15) is 13.2 Å². The Labute approximate surface area is 139 Å². The van der Waals surface area contributed by atoms with Crippen LogP contribution in [0.4, 0.5) is 0 Å². The summed E-state index contributed by atoms with van der Waals surface area (Å²) in [6, 6.07) is 15.2. The molecule has 0 saturated carbocycles. The van der Waals surface area contributed by atoms with E-state index in [1.54, 1.807) is 54.6 Å². The number of benzene rings is 2. The second-order valence-electron chi connectivity index (χ2n) is 5.38. The summed E-state index contributed by atoms with van der Waals surface area (Å²) in [6.07, 6.45) is 2.21. The second kappa shape index (κ2) is 5.98. The molecule has 122 valence electrons. The Balaban J connectivity index is 2.28. The van der Waals surface area contributed by atoms with Crippen LogP contribution >= 0.6 is 0 Å². The summed E-state index contributed by atoms with van der Waals surface area (Å²) in [7, 11) is -3.85. The van der Waals surface area contributed by atoms with Crippen LogP contribution in [0.3, 0.4) is 0 Å². The van der Waals surface area contributed by atoms with Crippen molar-refractivity contribution in [3.63, 3.8) is 0 Å². The van der Waals surface area contributed by atoms with Crippen LogP contribution in [0, 0.1) is 6.92 Å². The summed E-state index contributed by atoms with van der Waals surface area (Å²) in [6.45, 7) is 1.88. The number of aliphatic carboxylic acids is 1. The van der Waals surface area contributed by atoms with E-state index in [-0.39, 0.29) is 4.90 Å². The van der Waals surface area contributed by atoms with E-state index in [2.05, 4.69) is 0 Å². The van der Waals surface area contributed by atoms with Gasteiger partial charge in [-0.05, 0) is 37.3 Å². The van der Waals surface area contributed by atoms with Gasteiger partial charge in [0, 0.05) is 11.5 Å². The first kappa shape index (κ1) is 16.0. The van der Waals surface area contributed by atoms with E-state index in [1.165, 1.54) is 10.0 Å². The molecule has 0 atom stereocenters. The zero-order valence-corrected chi connectivity index (χ0v) is 13.7. The quantitative estimate of drug-likeness (QED) is 0.739. The maximum absolute atomic E-state index is 13.1. The Hall–Kier alpha value is -2.86. The first-order chi connectivity index (χ1) is 11.4. The maximum atomic E-state index is 13.1. The van der Waals surface area contributed by atoms with Gasteiger partial charge in [0.05, 0.1) is 16.1 Å². The summed E-state index contributed by atoms with van der Waals surface area (Å²) in [4.78, 5) is 11.0. The number of carboxylic acid groups (broad SMARTS) is 1. The SMILES string of the molecule is Cc1ccc(S(=O)(=O)n2c(C=CC(=O)O)cc3ccccc32)cc1. The molecule has 6 heteroatoms. The number of carbonyl (C=O) groups is 1. The Kier molecular flexibility index (Phi) is 3.99. The molecule has 5 nitrogen and oxygen atoms in total. The second-order valence-corrected chi connectivity index (χ2v) is 7.17. The number of para-hydroxylation sites is 1. The van der Waals surface area contributed by atoms with Crippen molar-refractivity contribution in [3.05, 3.63) is 71.9 Å². The molecule has 0 amide bonds. The third-order valence-corrected chi connectivity index (χ3v) is 5.41. The standard InChI is InChI=1S/C18H15NO4S/c1-13-6-9-16(10-7-13)24(22,23)19-15(8-11-18(20)21)12-14-4-2-3-5-17(14)19/h2-12H,1H3,(H,20,21). The van der Waals surface area contributed by atoms with Crippen molar-refractivity contribution < 1.29 is 18.3 Å². The van der Waals surface area contributed by atoms with Crippen LogP contribution in [0.2, 0.25) is 0 Å². The number of hydrogen-bond donors (Lipinski definition) is 1. The lowest BCUT2D eigenvalue weighted by molar-refractivity contribution is -0.131. The highest BCUT2D eigenvalue weighted by atomic mass is 32.2. The highest BCUT2D eigenvalue weighted by Gasteiger charge is 2.22. The van der Waals surface area contributed by atoms with Crippen molar-refractivity contribution in [2.24, 2.45) is 0 Å². The van der Waals surface area contributed by atoms with Crippen molar-refractivity contribution in [1.29, 1.82) is 0 Å². The minimum atomic E-state index is -3.85. The zero-order chi connectivity index (χ0) is 17.3. The first-order valence-corrected chi connectivity index (χ1v) is 8.67. The minimum absolute atomic E-state index is 0.152. The fourth-order valence-corrected chi connectivity index (χ4v) is 4.02. The molecule has 0 unspecified atom stereocenters. The van der Waals surface area contributed by atoms with Gasteiger partial charge in [-0.15, -0.1) is 0 Å². The van der Waals surface area contributed by atoms with Crippen LogP contribution in [0.25, 0.3) is 17.0 Å². The van der Waals surface area contributed by atoms with Crippen LogP contribution in [0.1, 0.15) is 11.3 Å². The highest BCUT2D eigenvalue weighted by Crippen LogP contribution is 2.26. The Morgan fingerprint density at radius 2 is 1.75 bits per heavy atom. The average molecular weight is 341 g/mol. The molecule has 3 aromatic rings. The molecule has 24 heavy (non-hydrogen) atoms. The van der Waals surface area contributed by atoms with E-state index >= 15 is 0 Å². The summed E-state index contributed by atoms with van der Waals surface area (Å²) in [5.41, 5.74) is 1.75. The van der Waals surface area contributed by atoms with Crippen LogP contribution in [-0.2, 0) is 14.8 Å². The molecule has 0 aliphatic heterocycles. The molecule has 3 rings (SSSR count). The van der Waals surface area contributed by atoms with Gasteiger partial charge in [-0.25, -0.2) is 17.2 Å². The van der Waals surface area contributed by atoms with Gasteiger partial charge in [0.2, 0.25) is 0 Å². The first-order valence-electron chi connectivity index (χ1n) is 7.23. The number of nitrogens with zero attached hydrogens (tertiary/aromatic N) is 1. The zero-order valence-electron chi connectivity index (χ0n) is 12.9.